The third kappa shape index (κ3) is 2.90. The molecule has 0 atom stereocenters. The molecule has 0 spiro atoms. The molecule has 0 fully saturated rings. The number of carbonyl (C=O) groups excluding carboxylic acids is 1. The second-order valence-electron chi connectivity index (χ2n) is 6.53. The van der Waals surface area contributed by atoms with Crippen molar-refractivity contribution in [3.63, 3.8) is 0 Å². The van der Waals surface area contributed by atoms with Crippen LogP contribution in [0.3, 0.4) is 0 Å². The Balaban J connectivity index is 1.70. The molecule has 2 aromatic carbocycles. The Kier molecular flexibility index (Phi) is 3.99. The van der Waals surface area contributed by atoms with Gasteiger partial charge < -0.3 is 19.5 Å². The van der Waals surface area contributed by atoms with Crippen molar-refractivity contribution in [1.29, 1.82) is 0 Å². The first kappa shape index (κ1) is 15.8. The summed E-state index contributed by atoms with van der Waals surface area (Å²) in [5.41, 5.74) is 3.23. The lowest BCUT2D eigenvalue weighted by atomic mass is 9.99. The lowest BCUT2D eigenvalue weighted by Crippen LogP contribution is -2.17. The van der Waals surface area contributed by atoms with Gasteiger partial charge in [0.2, 0.25) is 0 Å². The highest BCUT2D eigenvalue weighted by Gasteiger charge is 2.30. The fraction of sp³-hybridized carbons (Fsp3) is 0.350. The molecular formula is C20H21NO4. The molecule has 5 heteroatoms. The van der Waals surface area contributed by atoms with Crippen molar-refractivity contribution in [1.82, 2.24) is 0 Å². The van der Waals surface area contributed by atoms with Gasteiger partial charge in [-0.2, -0.15) is 0 Å². The van der Waals surface area contributed by atoms with Crippen molar-refractivity contribution in [2.45, 2.75) is 32.8 Å². The molecule has 0 saturated heterocycles. The zero-order valence-corrected chi connectivity index (χ0v) is 14.4. The number of benzene rings is 2. The first-order valence-electron chi connectivity index (χ1n) is 8.65. The quantitative estimate of drug-likeness (QED) is 0.925. The van der Waals surface area contributed by atoms with E-state index < -0.39 is 0 Å². The fourth-order valence-corrected chi connectivity index (χ4v) is 3.34. The molecule has 0 aliphatic carbocycles. The van der Waals surface area contributed by atoms with Crippen LogP contribution in [-0.2, 0) is 12.8 Å². The Morgan fingerprint density at radius 1 is 1.16 bits per heavy atom. The van der Waals surface area contributed by atoms with Gasteiger partial charge in [-0.3, -0.25) is 4.79 Å². The summed E-state index contributed by atoms with van der Waals surface area (Å²) in [4.78, 5) is 13.1. The highest BCUT2D eigenvalue weighted by Crippen LogP contribution is 2.41. The zero-order valence-electron chi connectivity index (χ0n) is 14.4. The Morgan fingerprint density at radius 3 is 2.80 bits per heavy atom. The molecule has 2 aliphatic heterocycles. The molecule has 4 rings (SSSR count). The minimum absolute atomic E-state index is 0.0278. The number of hydrogen-bond donors (Lipinski definition) is 1. The molecular weight excluding hydrogens is 318 g/mol. The average molecular weight is 339 g/mol. The van der Waals surface area contributed by atoms with Crippen LogP contribution in [0.25, 0.3) is 0 Å². The molecule has 2 aromatic rings. The van der Waals surface area contributed by atoms with Crippen molar-refractivity contribution in [3.8, 4) is 17.2 Å². The van der Waals surface area contributed by atoms with Crippen LogP contribution >= 0.6 is 0 Å². The van der Waals surface area contributed by atoms with Crippen molar-refractivity contribution in [2.75, 3.05) is 18.5 Å². The first-order valence-corrected chi connectivity index (χ1v) is 8.65. The number of para-hydroxylation sites is 2. The summed E-state index contributed by atoms with van der Waals surface area (Å²) in [7, 11) is 0. The van der Waals surface area contributed by atoms with Gasteiger partial charge in [0.1, 0.15) is 17.2 Å². The van der Waals surface area contributed by atoms with E-state index in [9.17, 15) is 4.79 Å². The van der Waals surface area contributed by atoms with Crippen molar-refractivity contribution >= 4 is 11.6 Å². The molecule has 0 aromatic heterocycles. The summed E-state index contributed by atoms with van der Waals surface area (Å²) < 4.78 is 17.2. The van der Waals surface area contributed by atoms with E-state index >= 15 is 0 Å². The minimum atomic E-state index is -0.180. The molecule has 1 N–H and O–H groups in total. The lowest BCUT2D eigenvalue weighted by Gasteiger charge is -2.16. The van der Waals surface area contributed by atoms with Gasteiger partial charge in [-0.1, -0.05) is 12.1 Å². The van der Waals surface area contributed by atoms with E-state index in [0.29, 0.717) is 36.0 Å². The van der Waals surface area contributed by atoms with Crippen LogP contribution in [0.15, 0.2) is 30.3 Å². The molecule has 2 aliphatic rings. The number of anilines is 1. The van der Waals surface area contributed by atoms with Gasteiger partial charge in [0.05, 0.1) is 30.6 Å². The van der Waals surface area contributed by atoms with Crippen molar-refractivity contribution in [2.24, 2.45) is 0 Å². The van der Waals surface area contributed by atoms with Crippen molar-refractivity contribution in [3.05, 3.63) is 47.0 Å². The van der Waals surface area contributed by atoms with E-state index in [0.717, 1.165) is 29.7 Å². The maximum absolute atomic E-state index is 13.1. The van der Waals surface area contributed by atoms with Crippen LogP contribution in [-0.4, -0.2) is 25.2 Å². The predicted octanol–water partition coefficient (Wildman–Crippen LogP) is 3.60. The fourth-order valence-electron chi connectivity index (χ4n) is 3.34. The zero-order chi connectivity index (χ0) is 17.4. The SMILES string of the molecule is CC(C)Oc1ccccc1NC(=O)c1c2c(cc3c1OCC3)OCC2. The lowest BCUT2D eigenvalue weighted by molar-refractivity contribution is 0.102. The Morgan fingerprint density at radius 2 is 1.96 bits per heavy atom. The summed E-state index contributed by atoms with van der Waals surface area (Å²) in [5.74, 6) is 1.98. The summed E-state index contributed by atoms with van der Waals surface area (Å²) >= 11 is 0. The molecule has 25 heavy (non-hydrogen) atoms. The summed E-state index contributed by atoms with van der Waals surface area (Å²) in [6.45, 7) is 5.12. The smallest absolute Gasteiger partial charge is 0.259 e. The summed E-state index contributed by atoms with van der Waals surface area (Å²) in [5, 5.41) is 2.99. The van der Waals surface area contributed by atoms with Crippen LogP contribution < -0.4 is 19.5 Å². The first-order chi connectivity index (χ1) is 12.1. The standard InChI is InChI=1S/C20H21NO4/c1-12(2)25-16-6-4-3-5-15(16)21-20(22)18-14-8-10-23-17(14)11-13-7-9-24-19(13)18/h3-6,11-12H,7-10H2,1-2H3,(H,21,22). The molecule has 0 bridgehead atoms. The average Bonchev–Trinajstić information content (AvgIpc) is 3.22. The third-order valence-corrected chi connectivity index (χ3v) is 4.38. The number of carbonyl (C=O) groups is 1. The predicted molar refractivity (Wildman–Crippen MR) is 95.0 cm³/mol. The molecule has 5 nitrogen and oxygen atoms in total. The maximum Gasteiger partial charge on any atom is 0.259 e. The van der Waals surface area contributed by atoms with Gasteiger partial charge in [0.15, 0.2) is 0 Å². The number of ether oxygens (including phenoxy) is 3. The van der Waals surface area contributed by atoms with Gasteiger partial charge in [-0.15, -0.1) is 0 Å². The van der Waals surface area contributed by atoms with Gasteiger partial charge in [-0.05, 0) is 32.0 Å². The monoisotopic (exact) mass is 339 g/mol. The van der Waals surface area contributed by atoms with Gasteiger partial charge >= 0.3 is 0 Å². The Bertz CT molecular complexity index is 796. The normalized spacial score (nSPS) is 14.5. The number of rotatable bonds is 4. The van der Waals surface area contributed by atoms with Crippen LogP contribution in [0, 0.1) is 0 Å². The molecule has 0 saturated carbocycles. The van der Waals surface area contributed by atoms with E-state index in [-0.39, 0.29) is 12.0 Å². The van der Waals surface area contributed by atoms with E-state index in [4.69, 9.17) is 14.2 Å². The highest BCUT2D eigenvalue weighted by molar-refractivity contribution is 6.09. The largest absolute Gasteiger partial charge is 0.493 e. The second kappa shape index (κ2) is 6.31. The number of nitrogens with one attached hydrogen (secondary N) is 1. The van der Waals surface area contributed by atoms with E-state index in [1.54, 1.807) is 0 Å². The highest BCUT2D eigenvalue weighted by atomic mass is 16.5. The van der Waals surface area contributed by atoms with E-state index in [1.807, 2.05) is 44.2 Å². The van der Waals surface area contributed by atoms with E-state index in [1.165, 1.54) is 0 Å². The van der Waals surface area contributed by atoms with Gasteiger partial charge in [0, 0.05) is 24.0 Å². The topological polar surface area (TPSA) is 56.8 Å². The number of fused-ring (bicyclic) bond motifs is 2. The van der Waals surface area contributed by atoms with Crippen LogP contribution in [0.2, 0.25) is 0 Å². The molecule has 0 radical (unpaired) electrons. The Hall–Kier alpha value is -2.69. The molecule has 1 amide bonds. The summed E-state index contributed by atoms with van der Waals surface area (Å²) in [6, 6.07) is 9.48. The van der Waals surface area contributed by atoms with Crippen LogP contribution in [0.5, 0.6) is 17.2 Å². The van der Waals surface area contributed by atoms with Crippen molar-refractivity contribution < 1.29 is 19.0 Å². The Labute approximate surface area is 146 Å². The van der Waals surface area contributed by atoms with Crippen LogP contribution in [0.1, 0.15) is 35.3 Å². The molecule has 130 valence electrons. The van der Waals surface area contributed by atoms with Crippen LogP contribution in [0.4, 0.5) is 5.69 Å². The van der Waals surface area contributed by atoms with Gasteiger partial charge in [-0.25, -0.2) is 0 Å². The molecule has 0 unspecified atom stereocenters. The number of amides is 1. The maximum atomic E-state index is 13.1. The number of hydrogen-bond acceptors (Lipinski definition) is 4. The second-order valence-corrected chi connectivity index (χ2v) is 6.53. The molecule has 2 heterocycles. The van der Waals surface area contributed by atoms with E-state index in [2.05, 4.69) is 5.32 Å². The minimum Gasteiger partial charge on any atom is -0.493 e. The van der Waals surface area contributed by atoms with Gasteiger partial charge in [0.25, 0.3) is 5.91 Å². The third-order valence-electron chi connectivity index (χ3n) is 4.38. The summed E-state index contributed by atoms with van der Waals surface area (Å²) in [6.07, 6.45) is 1.55.